The van der Waals surface area contributed by atoms with Crippen LogP contribution in [-0.2, 0) is 23.9 Å². The first-order chi connectivity index (χ1) is 13.6. The summed E-state index contributed by atoms with van der Waals surface area (Å²) in [7, 11) is 1.47. The SMILES string of the molecule is CCN(Cc1c(CC(=O)O)cc(Cl)cc1-c1ccc(C(F)(F)F)cc1)C(=O)NC. The van der Waals surface area contributed by atoms with E-state index in [2.05, 4.69) is 5.32 Å². The highest BCUT2D eigenvalue weighted by Crippen LogP contribution is 2.34. The van der Waals surface area contributed by atoms with Gasteiger partial charge in [-0.05, 0) is 53.4 Å². The van der Waals surface area contributed by atoms with Crippen molar-refractivity contribution in [1.82, 2.24) is 10.2 Å². The van der Waals surface area contributed by atoms with E-state index in [1.807, 2.05) is 0 Å². The molecule has 29 heavy (non-hydrogen) atoms. The molecule has 5 nitrogen and oxygen atoms in total. The van der Waals surface area contributed by atoms with Gasteiger partial charge >= 0.3 is 18.2 Å². The summed E-state index contributed by atoms with van der Waals surface area (Å²) in [6, 6.07) is 7.21. The zero-order chi connectivity index (χ0) is 21.8. The number of carbonyl (C=O) groups is 2. The molecule has 0 aromatic heterocycles. The number of halogens is 4. The highest BCUT2D eigenvalue weighted by molar-refractivity contribution is 6.31. The lowest BCUT2D eigenvalue weighted by Gasteiger charge is -2.24. The molecule has 0 saturated heterocycles. The first-order valence-corrected chi connectivity index (χ1v) is 9.12. The number of carbonyl (C=O) groups excluding carboxylic acids is 1. The Balaban J connectivity index is 2.61. The van der Waals surface area contributed by atoms with E-state index in [-0.39, 0.29) is 24.0 Å². The molecule has 0 radical (unpaired) electrons. The van der Waals surface area contributed by atoms with E-state index >= 15 is 0 Å². The molecule has 9 heteroatoms. The summed E-state index contributed by atoms with van der Waals surface area (Å²) in [5.41, 5.74) is 1.03. The quantitative estimate of drug-likeness (QED) is 0.693. The maximum absolute atomic E-state index is 12.9. The van der Waals surface area contributed by atoms with Crippen LogP contribution in [0.5, 0.6) is 0 Å². The largest absolute Gasteiger partial charge is 0.481 e. The number of urea groups is 1. The third kappa shape index (κ3) is 5.63. The number of amides is 2. The van der Waals surface area contributed by atoms with E-state index in [0.29, 0.717) is 28.8 Å². The van der Waals surface area contributed by atoms with Crippen molar-refractivity contribution in [1.29, 1.82) is 0 Å². The summed E-state index contributed by atoms with van der Waals surface area (Å²) in [6.45, 7) is 2.19. The van der Waals surface area contributed by atoms with Crippen molar-refractivity contribution in [3.63, 3.8) is 0 Å². The van der Waals surface area contributed by atoms with Crippen LogP contribution in [0.25, 0.3) is 11.1 Å². The molecule has 0 aliphatic carbocycles. The van der Waals surface area contributed by atoms with Gasteiger partial charge in [0.2, 0.25) is 0 Å². The number of nitrogens with zero attached hydrogens (tertiary/aromatic N) is 1. The first-order valence-electron chi connectivity index (χ1n) is 8.74. The molecular weight excluding hydrogens is 409 g/mol. The highest BCUT2D eigenvalue weighted by Gasteiger charge is 2.30. The van der Waals surface area contributed by atoms with E-state index in [0.717, 1.165) is 12.1 Å². The van der Waals surface area contributed by atoms with Gasteiger partial charge in [-0.2, -0.15) is 13.2 Å². The number of hydrogen-bond acceptors (Lipinski definition) is 2. The average molecular weight is 429 g/mol. The minimum Gasteiger partial charge on any atom is -0.481 e. The van der Waals surface area contributed by atoms with Crippen molar-refractivity contribution in [3.05, 3.63) is 58.1 Å². The molecule has 2 amide bonds. The first kappa shape index (κ1) is 22.5. The van der Waals surface area contributed by atoms with Crippen molar-refractivity contribution >= 4 is 23.6 Å². The zero-order valence-corrected chi connectivity index (χ0v) is 16.6. The molecule has 2 N–H and O–H groups in total. The molecule has 0 aliphatic rings. The molecule has 0 heterocycles. The Hall–Kier alpha value is -2.74. The molecular formula is C20H20ClF3N2O3. The van der Waals surface area contributed by atoms with Crippen molar-refractivity contribution in [2.45, 2.75) is 26.1 Å². The number of aliphatic carboxylic acids is 1. The molecule has 0 atom stereocenters. The van der Waals surface area contributed by atoms with Crippen LogP contribution in [0.3, 0.4) is 0 Å². The van der Waals surface area contributed by atoms with E-state index in [9.17, 15) is 27.9 Å². The fraction of sp³-hybridized carbons (Fsp3) is 0.300. The van der Waals surface area contributed by atoms with Crippen LogP contribution in [0.15, 0.2) is 36.4 Å². The number of nitrogens with one attached hydrogen (secondary N) is 1. The maximum atomic E-state index is 12.9. The third-order valence-corrected chi connectivity index (χ3v) is 4.62. The van der Waals surface area contributed by atoms with Crippen LogP contribution >= 0.6 is 11.6 Å². The van der Waals surface area contributed by atoms with Gasteiger partial charge in [-0.15, -0.1) is 0 Å². The minimum absolute atomic E-state index is 0.0757. The van der Waals surface area contributed by atoms with E-state index in [1.165, 1.54) is 30.1 Å². The number of benzene rings is 2. The molecule has 0 fully saturated rings. The topological polar surface area (TPSA) is 69.6 Å². The van der Waals surface area contributed by atoms with Gasteiger partial charge in [0.05, 0.1) is 12.0 Å². The van der Waals surface area contributed by atoms with Crippen molar-refractivity contribution in [2.24, 2.45) is 0 Å². The van der Waals surface area contributed by atoms with Crippen LogP contribution in [0.2, 0.25) is 5.02 Å². The van der Waals surface area contributed by atoms with Gasteiger partial charge in [0.25, 0.3) is 0 Å². The van der Waals surface area contributed by atoms with Gasteiger partial charge < -0.3 is 15.3 Å². The van der Waals surface area contributed by atoms with Crippen LogP contribution in [0, 0.1) is 0 Å². The molecule has 0 unspecified atom stereocenters. The second kappa shape index (κ2) is 9.17. The summed E-state index contributed by atoms with van der Waals surface area (Å²) in [5, 5.41) is 12.0. The summed E-state index contributed by atoms with van der Waals surface area (Å²) in [5.74, 6) is -1.09. The van der Waals surface area contributed by atoms with Crippen LogP contribution in [0.4, 0.5) is 18.0 Å². The van der Waals surface area contributed by atoms with Gasteiger partial charge in [-0.3, -0.25) is 4.79 Å². The summed E-state index contributed by atoms with van der Waals surface area (Å²) in [6.07, 6.45) is -4.81. The second-order valence-corrected chi connectivity index (χ2v) is 6.74. The number of carboxylic acids is 1. The molecule has 0 saturated carbocycles. The van der Waals surface area contributed by atoms with Crippen molar-refractivity contribution in [2.75, 3.05) is 13.6 Å². The highest BCUT2D eigenvalue weighted by atomic mass is 35.5. The van der Waals surface area contributed by atoms with Gasteiger partial charge in [0, 0.05) is 25.2 Å². The Labute approximate surface area is 171 Å². The Morgan fingerprint density at radius 1 is 1.17 bits per heavy atom. The van der Waals surface area contributed by atoms with E-state index in [1.54, 1.807) is 13.0 Å². The Morgan fingerprint density at radius 3 is 2.28 bits per heavy atom. The summed E-state index contributed by atoms with van der Waals surface area (Å²) in [4.78, 5) is 24.9. The number of carboxylic acid groups (broad SMARTS) is 1. The maximum Gasteiger partial charge on any atom is 0.416 e. The van der Waals surface area contributed by atoms with Gasteiger partial charge in [-0.25, -0.2) is 4.79 Å². The molecule has 156 valence electrons. The lowest BCUT2D eigenvalue weighted by Crippen LogP contribution is -2.37. The molecule has 0 bridgehead atoms. The fourth-order valence-electron chi connectivity index (χ4n) is 2.97. The lowest BCUT2D eigenvalue weighted by atomic mass is 9.93. The minimum atomic E-state index is -4.47. The number of alkyl halides is 3. The van der Waals surface area contributed by atoms with Crippen LogP contribution < -0.4 is 5.32 Å². The van der Waals surface area contributed by atoms with Crippen LogP contribution in [-0.4, -0.2) is 35.6 Å². The summed E-state index contributed by atoms with van der Waals surface area (Å²) < 4.78 is 38.6. The molecule has 0 spiro atoms. The predicted octanol–water partition coefficient (Wildman–Crippen LogP) is 4.81. The van der Waals surface area contributed by atoms with Gasteiger partial charge in [0.1, 0.15) is 0 Å². The Kier molecular flexibility index (Phi) is 7.13. The smallest absolute Gasteiger partial charge is 0.416 e. The summed E-state index contributed by atoms with van der Waals surface area (Å²) >= 11 is 6.15. The zero-order valence-electron chi connectivity index (χ0n) is 15.8. The van der Waals surface area contributed by atoms with Crippen molar-refractivity contribution < 1.29 is 27.9 Å². The lowest BCUT2D eigenvalue weighted by molar-refractivity contribution is -0.138. The Bertz CT molecular complexity index is 899. The predicted molar refractivity (Wildman–Crippen MR) is 104 cm³/mol. The number of hydrogen-bond donors (Lipinski definition) is 2. The second-order valence-electron chi connectivity index (χ2n) is 6.31. The van der Waals surface area contributed by atoms with Crippen molar-refractivity contribution in [3.8, 4) is 11.1 Å². The monoisotopic (exact) mass is 428 g/mol. The van der Waals surface area contributed by atoms with E-state index in [4.69, 9.17) is 11.6 Å². The van der Waals surface area contributed by atoms with Gasteiger partial charge in [0.15, 0.2) is 0 Å². The Morgan fingerprint density at radius 2 is 1.79 bits per heavy atom. The molecule has 2 aromatic carbocycles. The number of rotatable bonds is 6. The third-order valence-electron chi connectivity index (χ3n) is 4.40. The molecule has 0 aliphatic heterocycles. The fourth-order valence-corrected chi connectivity index (χ4v) is 3.21. The molecule has 2 rings (SSSR count). The average Bonchev–Trinajstić information content (AvgIpc) is 2.65. The standard InChI is InChI=1S/C20H20ClF3N2O3/c1-3-26(19(29)25-2)11-17-13(9-18(27)28)8-15(21)10-16(17)12-4-6-14(7-5-12)20(22,23)24/h4-8,10H,3,9,11H2,1-2H3,(H,25,29)(H,27,28). The van der Waals surface area contributed by atoms with Gasteiger partial charge in [-0.1, -0.05) is 23.7 Å². The van der Waals surface area contributed by atoms with E-state index < -0.39 is 17.7 Å². The normalized spacial score (nSPS) is 11.2. The van der Waals surface area contributed by atoms with Crippen LogP contribution in [0.1, 0.15) is 23.6 Å². The molecule has 2 aromatic rings.